The largest absolute Gasteiger partial charge is 0.384 e. The van der Waals surface area contributed by atoms with Gasteiger partial charge in [-0.2, -0.15) is 4.98 Å². The molecule has 4 heterocycles. The quantitative estimate of drug-likeness (QED) is 0.145. The lowest BCUT2D eigenvalue weighted by atomic mass is 10.1. The zero-order valence-corrected chi connectivity index (χ0v) is 28.8. The van der Waals surface area contributed by atoms with Crippen LogP contribution in [0.2, 0.25) is 0 Å². The van der Waals surface area contributed by atoms with E-state index in [1.807, 2.05) is 0 Å². The Balaban J connectivity index is 1.12. The normalized spacial score (nSPS) is 11.6. The fraction of sp³-hybridized carbons (Fsp3) is 0.132. The first kappa shape index (κ1) is 35.3. The highest BCUT2D eigenvalue weighted by atomic mass is 19.1. The second-order valence-electron chi connectivity index (χ2n) is 12.8. The van der Waals surface area contributed by atoms with Gasteiger partial charge in [-0.05, 0) is 80.1 Å². The number of aliphatic hydroxyl groups is 1. The van der Waals surface area contributed by atoms with E-state index >= 15 is 0 Å². The summed E-state index contributed by atoms with van der Waals surface area (Å²) in [6.07, 6.45) is 2.96. The summed E-state index contributed by atoms with van der Waals surface area (Å²) in [5.74, 6) is -1.88. The van der Waals surface area contributed by atoms with Crippen molar-refractivity contribution in [3.05, 3.63) is 157 Å². The summed E-state index contributed by atoms with van der Waals surface area (Å²) < 4.78 is 33.4. The number of allylic oxidation sites excluding steroid dienone is 1. The number of halogens is 2. The zero-order chi connectivity index (χ0) is 38.3. The summed E-state index contributed by atoms with van der Waals surface area (Å²) >= 11 is 0. The van der Waals surface area contributed by atoms with Crippen LogP contribution >= 0.6 is 0 Å². The van der Waals surface area contributed by atoms with Crippen LogP contribution < -0.4 is 27.4 Å². The van der Waals surface area contributed by atoms with Gasteiger partial charge >= 0.3 is 5.69 Å². The number of nitrogens with one attached hydrogen (secondary N) is 3. The molecule has 3 aromatic carbocycles. The first-order valence-electron chi connectivity index (χ1n) is 16.5. The molecular weight excluding hydrogens is 700 g/mol. The van der Waals surface area contributed by atoms with Crippen molar-refractivity contribution in [1.82, 2.24) is 33.9 Å². The van der Waals surface area contributed by atoms with Crippen LogP contribution in [0.5, 0.6) is 0 Å². The molecule has 14 nitrogen and oxygen atoms in total. The Kier molecular flexibility index (Phi) is 9.04. The van der Waals surface area contributed by atoms with Crippen LogP contribution in [0.1, 0.15) is 35.5 Å². The molecule has 0 saturated heterocycles. The third kappa shape index (κ3) is 6.68. The van der Waals surface area contributed by atoms with Gasteiger partial charge in [0.15, 0.2) is 11.5 Å². The SMILES string of the molecule is C=CCn1c(=O)c2cnc(Nc3ccc(NC(=O)c4cc(Cn5c(=O)[nH]c(=O)c6c(F)cccc65)ccc4F)cc3)nc2n1-c1cccc(C(C)(C)O)n1. The van der Waals surface area contributed by atoms with Crippen molar-refractivity contribution in [2.45, 2.75) is 32.5 Å². The number of aromatic nitrogens is 7. The van der Waals surface area contributed by atoms with E-state index in [1.54, 1.807) is 62.4 Å². The lowest BCUT2D eigenvalue weighted by Crippen LogP contribution is -2.31. The van der Waals surface area contributed by atoms with Crippen molar-refractivity contribution < 1.29 is 18.7 Å². The number of amides is 1. The number of nitrogens with zero attached hydrogens (tertiary/aromatic N) is 6. The van der Waals surface area contributed by atoms with Crippen LogP contribution in [-0.2, 0) is 18.7 Å². The van der Waals surface area contributed by atoms with Crippen molar-refractivity contribution in [2.75, 3.05) is 10.6 Å². The van der Waals surface area contributed by atoms with Gasteiger partial charge in [-0.25, -0.2) is 32.9 Å². The molecule has 0 aliphatic rings. The van der Waals surface area contributed by atoms with Crippen molar-refractivity contribution in [3.8, 4) is 5.82 Å². The molecule has 0 spiro atoms. The first-order valence-corrected chi connectivity index (χ1v) is 16.5. The molecule has 0 radical (unpaired) electrons. The molecule has 0 atom stereocenters. The zero-order valence-electron chi connectivity index (χ0n) is 28.8. The second-order valence-corrected chi connectivity index (χ2v) is 12.8. The van der Waals surface area contributed by atoms with Gasteiger partial charge in [0.2, 0.25) is 5.95 Å². The lowest BCUT2D eigenvalue weighted by molar-refractivity contribution is 0.0737. The molecule has 0 bridgehead atoms. The topological polar surface area (TPSA) is 182 Å². The van der Waals surface area contributed by atoms with Gasteiger partial charge in [-0.15, -0.1) is 6.58 Å². The molecule has 16 heteroatoms. The Hall–Kier alpha value is -7.07. The third-order valence-electron chi connectivity index (χ3n) is 8.55. The highest BCUT2D eigenvalue weighted by Gasteiger charge is 2.22. The van der Waals surface area contributed by atoms with E-state index in [1.165, 1.54) is 39.8 Å². The maximum atomic E-state index is 14.9. The summed E-state index contributed by atoms with van der Waals surface area (Å²) in [5, 5.41) is 16.2. The minimum atomic E-state index is -1.24. The van der Waals surface area contributed by atoms with Crippen LogP contribution in [0.15, 0.2) is 112 Å². The van der Waals surface area contributed by atoms with Crippen LogP contribution in [0.3, 0.4) is 0 Å². The number of carbonyl (C=O) groups excluding carboxylic acids is 1. The molecule has 4 aromatic heterocycles. The minimum Gasteiger partial charge on any atom is -0.384 e. The maximum absolute atomic E-state index is 14.9. The Labute approximate surface area is 303 Å². The summed E-state index contributed by atoms with van der Waals surface area (Å²) in [6, 6.07) is 19.1. The van der Waals surface area contributed by atoms with E-state index in [0.717, 1.165) is 16.7 Å². The molecular formula is C38H31F2N9O5. The molecule has 7 rings (SSSR count). The number of pyridine rings is 1. The number of aromatic amines is 1. The standard InChI is InChI=1S/C38H31F2N9O5/c1-4-17-48-35(52)25-19-41-36(45-32(25)49(48)30-10-6-9-29(44-30)38(2,3)54)43-23-14-12-22(13-15-23)42-33(50)24-18-21(11-16-26(24)39)20-47-28-8-5-7-27(40)31(28)34(51)46-37(47)53/h4-16,18-19,54H,1,17,20H2,2-3H3,(H,42,50)(H,41,43,45)(H,46,51,53). The average Bonchev–Trinajstić information content (AvgIpc) is 3.41. The molecule has 0 aliphatic carbocycles. The number of anilines is 3. The van der Waals surface area contributed by atoms with Gasteiger partial charge in [0.05, 0.1) is 35.2 Å². The van der Waals surface area contributed by atoms with Crippen molar-refractivity contribution in [1.29, 1.82) is 0 Å². The van der Waals surface area contributed by atoms with Crippen LogP contribution in [0.25, 0.3) is 27.8 Å². The van der Waals surface area contributed by atoms with Crippen LogP contribution in [0.4, 0.5) is 26.1 Å². The Morgan fingerprint density at radius 3 is 2.44 bits per heavy atom. The number of rotatable bonds is 10. The number of hydrogen-bond donors (Lipinski definition) is 4. The van der Waals surface area contributed by atoms with Gasteiger partial charge in [0, 0.05) is 17.6 Å². The fourth-order valence-electron chi connectivity index (χ4n) is 5.94. The van der Waals surface area contributed by atoms with Crippen molar-refractivity contribution >= 4 is 45.2 Å². The van der Waals surface area contributed by atoms with E-state index in [2.05, 4.69) is 37.1 Å². The molecule has 54 heavy (non-hydrogen) atoms. The highest BCUT2D eigenvalue weighted by Crippen LogP contribution is 2.23. The molecule has 0 unspecified atom stereocenters. The van der Waals surface area contributed by atoms with Gasteiger partial charge in [0.25, 0.3) is 17.0 Å². The second kappa shape index (κ2) is 13.8. The molecule has 0 fully saturated rings. The minimum absolute atomic E-state index is 0.0486. The molecule has 7 aromatic rings. The third-order valence-corrected chi connectivity index (χ3v) is 8.55. The molecule has 0 aliphatic heterocycles. The smallest absolute Gasteiger partial charge is 0.329 e. The molecule has 272 valence electrons. The Morgan fingerprint density at radius 2 is 1.70 bits per heavy atom. The molecule has 4 N–H and O–H groups in total. The van der Waals surface area contributed by atoms with Crippen LogP contribution in [-0.4, -0.2) is 44.9 Å². The maximum Gasteiger partial charge on any atom is 0.329 e. The number of benzene rings is 3. The Morgan fingerprint density at radius 1 is 0.963 bits per heavy atom. The van der Waals surface area contributed by atoms with E-state index in [9.17, 15) is 33.1 Å². The number of fused-ring (bicyclic) bond motifs is 2. The van der Waals surface area contributed by atoms with E-state index in [-0.39, 0.29) is 52.1 Å². The monoisotopic (exact) mass is 731 g/mol. The predicted molar refractivity (Wildman–Crippen MR) is 198 cm³/mol. The fourth-order valence-corrected chi connectivity index (χ4v) is 5.94. The molecule has 0 saturated carbocycles. The Bertz CT molecular complexity index is 2800. The van der Waals surface area contributed by atoms with Crippen molar-refractivity contribution in [3.63, 3.8) is 0 Å². The highest BCUT2D eigenvalue weighted by molar-refractivity contribution is 6.04. The summed E-state index contributed by atoms with van der Waals surface area (Å²) in [6.45, 7) is 6.95. The van der Waals surface area contributed by atoms with E-state index in [0.29, 0.717) is 28.5 Å². The number of hydrogen-bond acceptors (Lipinski definition) is 9. The summed E-state index contributed by atoms with van der Waals surface area (Å²) in [5.41, 5.74) is -1.65. The molecule has 1 amide bonds. The van der Waals surface area contributed by atoms with E-state index in [4.69, 9.17) is 0 Å². The van der Waals surface area contributed by atoms with Crippen molar-refractivity contribution in [2.24, 2.45) is 0 Å². The number of carbonyl (C=O) groups is 1. The van der Waals surface area contributed by atoms with Gasteiger partial charge in [0.1, 0.15) is 22.6 Å². The average molecular weight is 732 g/mol. The lowest BCUT2D eigenvalue weighted by Gasteiger charge is -2.18. The summed E-state index contributed by atoms with van der Waals surface area (Å²) in [7, 11) is 0. The van der Waals surface area contributed by atoms with E-state index < -0.39 is 34.4 Å². The van der Waals surface area contributed by atoms with Gasteiger partial charge in [-0.1, -0.05) is 24.3 Å². The van der Waals surface area contributed by atoms with Gasteiger partial charge in [-0.3, -0.25) is 23.9 Å². The van der Waals surface area contributed by atoms with Gasteiger partial charge < -0.3 is 15.7 Å². The predicted octanol–water partition coefficient (Wildman–Crippen LogP) is 4.72. The van der Waals surface area contributed by atoms with Crippen LogP contribution in [0, 0.1) is 11.6 Å². The summed E-state index contributed by atoms with van der Waals surface area (Å²) in [4.78, 5) is 67.0. The first-order chi connectivity index (χ1) is 25.8. The number of H-pyrrole nitrogens is 1.